The van der Waals surface area contributed by atoms with E-state index in [1.54, 1.807) is 18.2 Å². The Morgan fingerprint density at radius 3 is 2.76 bits per heavy atom. The number of carbonyl (C=O) groups is 2. The fraction of sp³-hybridized carbons (Fsp3) is 0.375. The number of esters is 1. The number of Topliss-reactive ketones (excluding diaryl/α,β-unsaturated/α-hetero) is 1. The summed E-state index contributed by atoms with van der Waals surface area (Å²) in [4.78, 5) is 23.6. The van der Waals surface area contributed by atoms with Crippen molar-refractivity contribution in [1.82, 2.24) is 0 Å². The largest absolute Gasteiger partial charge is 0.454 e. The van der Waals surface area contributed by atoms with Gasteiger partial charge in [-0.2, -0.15) is 5.26 Å². The number of nitrogens with zero attached hydrogens (tertiary/aromatic N) is 1. The van der Waals surface area contributed by atoms with E-state index in [0.717, 1.165) is 24.8 Å². The Bertz CT molecular complexity index is 643. The molecule has 5 nitrogen and oxygen atoms in total. The molecule has 1 N–H and O–H groups in total. The summed E-state index contributed by atoms with van der Waals surface area (Å²) in [5.41, 5.74) is 2.78. The Labute approximate surface area is 123 Å². The molecule has 1 aromatic carbocycles. The van der Waals surface area contributed by atoms with Crippen LogP contribution in [0.25, 0.3) is 0 Å². The highest BCUT2D eigenvalue weighted by atomic mass is 16.5. The molecule has 1 aromatic rings. The van der Waals surface area contributed by atoms with Crippen LogP contribution in [0.2, 0.25) is 0 Å². The van der Waals surface area contributed by atoms with Crippen molar-refractivity contribution in [2.75, 3.05) is 6.61 Å². The van der Waals surface area contributed by atoms with Gasteiger partial charge < -0.3 is 10.1 Å². The standard InChI is InChI=1S/C16H16N2O3/c1-10(18)14(8-17)15(19)9-21-16(20)13-6-5-11-3-2-4-12(11)7-13/h5-7,14,18H,2-4,9H2,1H3. The molecule has 0 radical (unpaired) electrons. The van der Waals surface area contributed by atoms with Gasteiger partial charge in [0.1, 0.15) is 5.92 Å². The highest BCUT2D eigenvalue weighted by molar-refractivity contribution is 6.06. The number of carbonyl (C=O) groups excluding carboxylic acids is 2. The molecule has 5 heteroatoms. The summed E-state index contributed by atoms with van der Waals surface area (Å²) in [6.45, 7) is 0.901. The SMILES string of the molecule is CC(=N)C(C#N)C(=O)COC(=O)c1ccc2c(c1)CCC2. The minimum absolute atomic E-state index is 0.0453. The molecule has 0 amide bonds. The third-order valence-electron chi connectivity index (χ3n) is 3.56. The lowest BCUT2D eigenvalue weighted by Crippen LogP contribution is -2.25. The molecule has 0 heterocycles. The number of rotatable bonds is 5. The van der Waals surface area contributed by atoms with E-state index in [2.05, 4.69) is 0 Å². The second-order valence-electron chi connectivity index (χ2n) is 5.12. The molecule has 0 spiro atoms. The third-order valence-corrected chi connectivity index (χ3v) is 3.56. The first-order valence-corrected chi connectivity index (χ1v) is 6.79. The van der Waals surface area contributed by atoms with Gasteiger partial charge in [-0.3, -0.25) is 4.79 Å². The number of fused-ring (bicyclic) bond motifs is 1. The first-order chi connectivity index (χ1) is 10.0. The van der Waals surface area contributed by atoms with Crippen LogP contribution in [0, 0.1) is 22.7 Å². The zero-order chi connectivity index (χ0) is 15.4. The predicted molar refractivity (Wildman–Crippen MR) is 76.3 cm³/mol. The van der Waals surface area contributed by atoms with Crippen LogP contribution in [-0.2, 0) is 22.4 Å². The Morgan fingerprint density at radius 1 is 1.38 bits per heavy atom. The summed E-state index contributed by atoms with van der Waals surface area (Å²) >= 11 is 0. The number of hydrogen-bond donors (Lipinski definition) is 1. The monoisotopic (exact) mass is 284 g/mol. The Hall–Kier alpha value is -2.48. The smallest absolute Gasteiger partial charge is 0.338 e. The minimum Gasteiger partial charge on any atom is -0.454 e. The first kappa shape index (κ1) is 14.9. The van der Waals surface area contributed by atoms with Crippen molar-refractivity contribution in [2.45, 2.75) is 26.2 Å². The van der Waals surface area contributed by atoms with Gasteiger partial charge in [0, 0.05) is 5.71 Å². The van der Waals surface area contributed by atoms with Crippen LogP contribution in [0.15, 0.2) is 18.2 Å². The highest BCUT2D eigenvalue weighted by Gasteiger charge is 2.22. The summed E-state index contributed by atoms with van der Waals surface area (Å²) < 4.78 is 4.95. The van der Waals surface area contributed by atoms with Gasteiger partial charge in [-0.05, 0) is 49.4 Å². The normalized spacial score (nSPS) is 13.9. The third kappa shape index (κ3) is 3.34. The van der Waals surface area contributed by atoms with Crippen LogP contribution in [0.5, 0.6) is 0 Å². The van der Waals surface area contributed by atoms with Crippen molar-refractivity contribution in [1.29, 1.82) is 10.7 Å². The van der Waals surface area contributed by atoms with Crippen LogP contribution >= 0.6 is 0 Å². The van der Waals surface area contributed by atoms with Crippen LogP contribution in [0.1, 0.15) is 34.8 Å². The lowest BCUT2D eigenvalue weighted by atomic mass is 10.0. The van der Waals surface area contributed by atoms with Crippen LogP contribution < -0.4 is 0 Å². The van der Waals surface area contributed by atoms with E-state index in [1.165, 1.54) is 12.5 Å². The van der Waals surface area contributed by atoms with Crippen molar-refractivity contribution in [3.05, 3.63) is 34.9 Å². The quantitative estimate of drug-likeness (QED) is 0.662. The minimum atomic E-state index is -1.14. The maximum atomic E-state index is 11.9. The van der Waals surface area contributed by atoms with Crippen molar-refractivity contribution >= 4 is 17.5 Å². The number of benzene rings is 1. The molecule has 1 unspecified atom stereocenters. The molecule has 1 aliphatic carbocycles. The average Bonchev–Trinajstić information content (AvgIpc) is 2.92. The van der Waals surface area contributed by atoms with E-state index in [9.17, 15) is 9.59 Å². The molecule has 0 bridgehead atoms. The zero-order valence-electron chi connectivity index (χ0n) is 11.8. The van der Waals surface area contributed by atoms with Gasteiger partial charge in [-0.15, -0.1) is 0 Å². The van der Waals surface area contributed by atoms with Crippen molar-refractivity contribution in [3.63, 3.8) is 0 Å². The maximum absolute atomic E-state index is 11.9. The van der Waals surface area contributed by atoms with E-state index < -0.39 is 24.3 Å². The summed E-state index contributed by atoms with van der Waals surface area (Å²) in [6.07, 6.45) is 3.08. The molecule has 0 fully saturated rings. The molecule has 0 saturated heterocycles. The molecular formula is C16H16N2O3. The lowest BCUT2D eigenvalue weighted by molar-refractivity contribution is -0.122. The second kappa shape index (κ2) is 6.31. The molecule has 1 aliphatic rings. The number of ether oxygens (including phenoxy) is 1. The topological polar surface area (TPSA) is 91.0 Å². The number of nitriles is 1. The summed E-state index contributed by atoms with van der Waals surface area (Å²) in [6, 6.07) is 7.15. The summed E-state index contributed by atoms with van der Waals surface area (Å²) in [5.74, 6) is -2.28. The van der Waals surface area contributed by atoms with Crippen LogP contribution in [-0.4, -0.2) is 24.1 Å². The fourth-order valence-corrected chi connectivity index (χ4v) is 2.41. The van der Waals surface area contributed by atoms with E-state index in [4.69, 9.17) is 15.4 Å². The zero-order valence-corrected chi connectivity index (χ0v) is 11.8. The Morgan fingerprint density at radius 2 is 2.10 bits per heavy atom. The van der Waals surface area contributed by atoms with E-state index in [-0.39, 0.29) is 5.71 Å². The van der Waals surface area contributed by atoms with Crippen molar-refractivity contribution in [3.8, 4) is 6.07 Å². The van der Waals surface area contributed by atoms with E-state index >= 15 is 0 Å². The molecule has 1 atom stereocenters. The first-order valence-electron chi connectivity index (χ1n) is 6.79. The summed E-state index contributed by atoms with van der Waals surface area (Å²) in [7, 11) is 0. The van der Waals surface area contributed by atoms with Gasteiger partial charge in [0.15, 0.2) is 12.4 Å². The molecule has 2 rings (SSSR count). The average molecular weight is 284 g/mol. The number of ketones is 1. The van der Waals surface area contributed by atoms with Crippen molar-refractivity contribution < 1.29 is 14.3 Å². The van der Waals surface area contributed by atoms with Crippen LogP contribution in [0.3, 0.4) is 0 Å². The lowest BCUT2D eigenvalue weighted by Gasteiger charge is -2.08. The highest BCUT2D eigenvalue weighted by Crippen LogP contribution is 2.23. The molecule has 0 saturated carbocycles. The van der Waals surface area contributed by atoms with Gasteiger partial charge in [-0.25, -0.2) is 4.79 Å². The van der Waals surface area contributed by atoms with Gasteiger partial charge in [0.25, 0.3) is 0 Å². The van der Waals surface area contributed by atoms with Crippen molar-refractivity contribution in [2.24, 2.45) is 5.92 Å². The maximum Gasteiger partial charge on any atom is 0.338 e. The van der Waals surface area contributed by atoms with Gasteiger partial charge >= 0.3 is 5.97 Å². The molecule has 108 valence electrons. The molecule has 0 aliphatic heterocycles. The molecular weight excluding hydrogens is 268 g/mol. The van der Waals surface area contributed by atoms with Gasteiger partial charge in [0.05, 0.1) is 11.6 Å². The Balaban J connectivity index is 1.98. The number of aryl methyl sites for hydroxylation is 2. The number of nitrogens with one attached hydrogen (secondary N) is 1. The predicted octanol–water partition coefficient (Wildman–Crippen LogP) is 2.08. The molecule has 21 heavy (non-hydrogen) atoms. The van der Waals surface area contributed by atoms with Crippen LogP contribution in [0.4, 0.5) is 0 Å². The fourth-order valence-electron chi connectivity index (χ4n) is 2.41. The Kier molecular flexibility index (Phi) is 4.49. The number of hydrogen-bond acceptors (Lipinski definition) is 5. The van der Waals surface area contributed by atoms with Gasteiger partial charge in [-0.1, -0.05) is 6.07 Å². The van der Waals surface area contributed by atoms with Gasteiger partial charge in [0.2, 0.25) is 0 Å². The summed E-state index contributed by atoms with van der Waals surface area (Å²) in [5, 5.41) is 16.1. The second-order valence-corrected chi connectivity index (χ2v) is 5.12. The van der Waals surface area contributed by atoms with E-state index in [1.807, 2.05) is 6.07 Å². The van der Waals surface area contributed by atoms with E-state index in [0.29, 0.717) is 5.56 Å². The molecule has 0 aromatic heterocycles.